The average molecular weight is 544 g/mol. The van der Waals surface area contributed by atoms with Gasteiger partial charge in [0.15, 0.2) is 34.7 Å². The fraction of sp³-hybridized carbons (Fsp3) is 0.387. The number of methoxy groups -OCH3 is 1. The van der Waals surface area contributed by atoms with Gasteiger partial charge in [0.25, 0.3) is 0 Å². The zero-order valence-corrected chi connectivity index (χ0v) is 22.3. The molecule has 1 amide bonds. The fourth-order valence-electron chi connectivity index (χ4n) is 6.49. The molecule has 2 aromatic carbocycles. The molecule has 2 unspecified atom stereocenters. The molecule has 9 nitrogen and oxygen atoms in total. The Bertz CT molecular complexity index is 1540. The molecule has 0 heterocycles. The molecule has 0 spiro atoms. The van der Waals surface area contributed by atoms with Gasteiger partial charge in [-0.05, 0) is 66.1 Å². The number of aromatic hydroxyl groups is 1. The van der Waals surface area contributed by atoms with Gasteiger partial charge in [0.2, 0.25) is 5.91 Å². The predicted octanol–water partition coefficient (Wildman–Crippen LogP) is 1.86. The molecular formula is C31H29NO8. The molecule has 5 rings (SSSR count). The van der Waals surface area contributed by atoms with Gasteiger partial charge in [0, 0.05) is 17.9 Å². The van der Waals surface area contributed by atoms with Crippen molar-refractivity contribution in [2.24, 2.45) is 29.4 Å². The van der Waals surface area contributed by atoms with E-state index in [4.69, 9.17) is 10.5 Å². The number of benzene rings is 2. The number of phenols is 1. The summed E-state index contributed by atoms with van der Waals surface area (Å²) in [4.78, 5) is 65.1. The number of amides is 1. The van der Waals surface area contributed by atoms with Gasteiger partial charge in [-0.25, -0.2) is 0 Å². The molecule has 0 saturated heterocycles. The highest BCUT2D eigenvalue weighted by molar-refractivity contribution is 6.31. The summed E-state index contributed by atoms with van der Waals surface area (Å²) in [5.41, 5.74) is 4.76. The SMILES string of the molecule is COc1ccc(C#Cc2cc(C(C)C)c3c(c2O)C(=O)C2C(=O)[C@]4(O)C(=O)C(C(N)=O)C(=O)C[C@@H]4C[C@@H]2C3)cc1. The Labute approximate surface area is 230 Å². The molecule has 9 heteroatoms. The second-order valence-electron chi connectivity index (χ2n) is 11.1. The van der Waals surface area contributed by atoms with Crippen molar-refractivity contribution < 1.29 is 38.9 Å². The number of Topliss-reactive ketones (excluding diaryl/α,β-unsaturated/α-hetero) is 4. The van der Waals surface area contributed by atoms with Crippen LogP contribution in [0.25, 0.3) is 0 Å². The fourth-order valence-corrected chi connectivity index (χ4v) is 6.49. The molecular weight excluding hydrogens is 514 g/mol. The van der Waals surface area contributed by atoms with Crippen LogP contribution in [0.1, 0.15) is 65.2 Å². The monoisotopic (exact) mass is 543 g/mol. The highest BCUT2D eigenvalue weighted by Crippen LogP contribution is 2.51. The highest BCUT2D eigenvalue weighted by atomic mass is 16.5. The maximum atomic E-state index is 13.9. The van der Waals surface area contributed by atoms with Crippen molar-refractivity contribution in [3.05, 3.63) is 58.1 Å². The third-order valence-corrected chi connectivity index (χ3v) is 8.49. The highest BCUT2D eigenvalue weighted by Gasteiger charge is 2.66. The van der Waals surface area contributed by atoms with E-state index in [9.17, 15) is 34.2 Å². The van der Waals surface area contributed by atoms with Crippen LogP contribution >= 0.6 is 0 Å². The van der Waals surface area contributed by atoms with Crippen molar-refractivity contribution in [1.82, 2.24) is 0 Å². The van der Waals surface area contributed by atoms with Crippen molar-refractivity contribution in [3.63, 3.8) is 0 Å². The number of carbonyl (C=O) groups is 5. The van der Waals surface area contributed by atoms with E-state index in [1.807, 2.05) is 13.8 Å². The lowest BCUT2D eigenvalue weighted by molar-refractivity contribution is -0.175. The molecule has 40 heavy (non-hydrogen) atoms. The Hall–Kier alpha value is -4.29. The van der Waals surface area contributed by atoms with Crippen molar-refractivity contribution >= 4 is 29.0 Å². The van der Waals surface area contributed by atoms with Crippen LogP contribution in [0, 0.1) is 35.5 Å². The number of ether oxygens (including phenoxy) is 1. The van der Waals surface area contributed by atoms with Crippen LogP contribution in [0.4, 0.5) is 0 Å². The molecule has 5 atom stereocenters. The minimum absolute atomic E-state index is 0.0485. The summed E-state index contributed by atoms with van der Waals surface area (Å²) in [7, 11) is 1.55. The van der Waals surface area contributed by atoms with Crippen molar-refractivity contribution in [3.8, 4) is 23.3 Å². The second kappa shape index (κ2) is 9.72. The van der Waals surface area contributed by atoms with Crippen LogP contribution in [0.2, 0.25) is 0 Å². The molecule has 206 valence electrons. The Morgan fingerprint density at radius 1 is 1.07 bits per heavy atom. The first-order valence-electron chi connectivity index (χ1n) is 13.1. The molecule has 2 aromatic rings. The number of hydrogen-bond acceptors (Lipinski definition) is 8. The van der Waals surface area contributed by atoms with E-state index in [2.05, 4.69) is 11.8 Å². The molecule has 0 aliphatic heterocycles. The zero-order valence-electron chi connectivity index (χ0n) is 22.3. The van der Waals surface area contributed by atoms with Crippen LogP contribution < -0.4 is 10.5 Å². The molecule has 3 aliphatic rings. The van der Waals surface area contributed by atoms with E-state index >= 15 is 0 Å². The van der Waals surface area contributed by atoms with E-state index in [0.29, 0.717) is 16.9 Å². The van der Waals surface area contributed by atoms with Gasteiger partial charge in [-0.2, -0.15) is 0 Å². The molecule has 3 aliphatic carbocycles. The maximum Gasteiger partial charge on any atom is 0.235 e. The molecule has 2 fully saturated rings. The number of phenolic OH excluding ortho intramolecular Hbond substituents is 1. The Kier molecular flexibility index (Phi) is 6.63. The number of nitrogens with two attached hydrogens (primary N) is 1. The largest absolute Gasteiger partial charge is 0.506 e. The van der Waals surface area contributed by atoms with E-state index in [1.165, 1.54) is 0 Å². The first-order valence-corrected chi connectivity index (χ1v) is 13.1. The van der Waals surface area contributed by atoms with Gasteiger partial charge in [-0.1, -0.05) is 25.7 Å². The number of primary amides is 1. The topological polar surface area (TPSA) is 161 Å². The van der Waals surface area contributed by atoms with Gasteiger partial charge in [0.05, 0.1) is 24.2 Å². The van der Waals surface area contributed by atoms with Crippen molar-refractivity contribution in [2.45, 2.75) is 44.6 Å². The number of rotatable bonds is 3. The Morgan fingerprint density at radius 2 is 1.75 bits per heavy atom. The van der Waals surface area contributed by atoms with Crippen LogP contribution in [-0.2, 0) is 25.6 Å². The molecule has 4 N–H and O–H groups in total. The van der Waals surface area contributed by atoms with Crippen LogP contribution in [0.5, 0.6) is 11.5 Å². The van der Waals surface area contributed by atoms with Crippen molar-refractivity contribution in [1.29, 1.82) is 0 Å². The summed E-state index contributed by atoms with van der Waals surface area (Å²) in [6.07, 6.45) is -0.0780. The lowest BCUT2D eigenvalue weighted by atomic mass is 9.53. The lowest BCUT2D eigenvalue weighted by Crippen LogP contribution is -2.68. The summed E-state index contributed by atoms with van der Waals surface area (Å²) >= 11 is 0. The number of carbonyl (C=O) groups excluding carboxylic acids is 5. The number of aliphatic hydroxyl groups is 1. The third-order valence-electron chi connectivity index (χ3n) is 8.49. The normalized spacial score (nSPS) is 27.3. The molecule has 0 bridgehead atoms. The van der Waals surface area contributed by atoms with Gasteiger partial charge < -0.3 is 20.7 Å². The molecule has 0 aromatic heterocycles. The number of fused-ring (bicyclic) bond motifs is 3. The van der Waals surface area contributed by atoms with E-state index in [-0.39, 0.29) is 42.1 Å². The minimum atomic E-state index is -2.68. The second-order valence-corrected chi connectivity index (χ2v) is 11.1. The average Bonchev–Trinajstić information content (AvgIpc) is 2.90. The predicted molar refractivity (Wildman–Crippen MR) is 142 cm³/mol. The van der Waals surface area contributed by atoms with Gasteiger partial charge in [-0.3, -0.25) is 24.0 Å². The first kappa shape index (κ1) is 27.3. The quantitative estimate of drug-likeness (QED) is 0.390. The van der Waals surface area contributed by atoms with Gasteiger partial charge in [-0.15, -0.1) is 0 Å². The van der Waals surface area contributed by atoms with E-state index in [1.54, 1.807) is 37.4 Å². The van der Waals surface area contributed by atoms with Crippen molar-refractivity contribution in [2.75, 3.05) is 7.11 Å². The summed E-state index contributed by atoms with van der Waals surface area (Å²) in [5, 5.41) is 22.6. The minimum Gasteiger partial charge on any atom is -0.506 e. The summed E-state index contributed by atoms with van der Waals surface area (Å²) in [6.45, 7) is 3.88. The summed E-state index contributed by atoms with van der Waals surface area (Å²) in [5.74, 6) is -3.87. The Morgan fingerprint density at radius 3 is 2.35 bits per heavy atom. The smallest absolute Gasteiger partial charge is 0.235 e. The molecule has 2 saturated carbocycles. The summed E-state index contributed by atoms with van der Waals surface area (Å²) in [6, 6.07) is 8.74. The van der Waals surface area contributed by atoms with E-state index in [0.717, 1.165) is 5.56 Å². The zero-order chi connectivity index (χ0) is 29.1. The summed E-state index contributed by atoms with van der Waals surface area (Å²) < 4.78 is 5.16. The Balaban J connectivity index is 1.59. The van der Waals surface area contributed by atoms with Gasteiger partial charge >= 0.3 is 0 Å². The van der Waals surface area contributed by atoms with Crippen LogP contribution in [0.15, 0.2) is 30.3 Å². The standard InChI is InChI=1S/C31H29NO8/c1-14(2)20-11-16(7-4-15-5-8-19(40-3)9-6-15)26(34)24-21(20)12-17-10-18-13-22(33)25(30(32)38)29(37)31(18,39)28(36)23(17)27(24)35/h5-6,8-9,11,14,17-18,23,25,34,39H,10,12-13H2,1-3H3,(H2,32,38)/t17-,18+,23?,25?,31+/m1/s1. The van der Waals surface area contributed by atoms with Gasteiger partial charge in [0.1, 0.15) is 11.5 Å². The molecule has 0 radical (unpaired) electrons. The van der Waals surface area contributed by atoms with E-state index < -0.39 is 58.3 Å². The maximum absolute atomic E-state index is 13.9. The number of hydrogen-bond donors (Lipinski definition) is 3. The van der Waals surface area contributed by atoms with Crippen LogP contribution in [0.3, 0.4) is 0 Å². The lowest BCUT2D eigenvalue weighted by Gasteiger charge is -2.48. The first-order chi connectivity index (χ1) is 18.9. The van der Waals surface area contributed by atoms with Crippen LogP contribution in [-0.4, -0.2) is 52.0 Å². The number of ketones is 4. The third kappa shape index (κ3) is 4.02.